The van der Waals surface area contributed by atoms with Crippen LogP contribution in [0.2, 0.25) is 0 Å². The van der Waals surface area contributed by atoms with Crippen molar-refractivity contribution in [2.75, 3.05) is 4.90 Å². The molecule has 120 valence electrons. The quantitative estimate of drug-likeness (QED) is 0.483. The first kappa shape index (κ1) is 15.2. The molecule has 2 aromatic rings. The highest BCUT2D eigenvalue weighted by Gasteiger charge is 2.38. The number of amides is 2. The van der Waals surface area contributed by atoms with Crippen LogP contribution in [0.3, 0.4) is 0 Å². The van der Waals surface area contributed by atoms with E-state index in [1.807, 2.05) is 0 Å². The molecule has 0 bridgehead atoms. The van der Waals surface area contributed by atoms with Gasteiger partial charge in [0.2, 0.25) is 0 Å². The number of carbonyl (C=O) groups excluding carboxylic acids is 2. The second kappa shape index (κ2) is 5.19. The Balaban J connectivity index is 2.16. The second-order valence-corrected chi connectivity index (χ2v) is 4.86. The smallest absolute Gasteiger partial charge is 0.268 e. The minimum atomic E-state index is -0.913. The highest BCUT2D eigenvalue weighted by molar-refractivity contribution is 6.34. The van der Waals surface area contributed by atoms with Gasteiger partial charge in [0.25, 0.3) is 23.2 Å². The van der Waals surface area contributed by atoms with Crippen molar-refractivity contribution in [3.05, 3.63) is 73.6 Å². The van der Waals surface area contributed by atoms with Crippen LogP contribution in [0.15, 0.2) is 36.4 Å². The Kier molecular flexibility index (Phi) is 3.29. The molecule has 2 aromatic carbocycles. The standard InChI is InChI=1S/C14H6FN3O6/c15-7-1-2-11-12(3-7)14(20)16(13(11)19)8-4-9(17(21)22)6-10(5-8)18(23)24/h1-6H. The van der Waals surface area contributed by atoms with Gasteiger partial charge < -0.3 is 0 Å². The van der Waals surface area contributed by atoms with Gasteiger partial charge in [-0.3, -0.25) is 29.8 Å². The number of hydrogen-bond acceptors (Lipinski definition) is 6. The molecule has 0 aromatic heterocycles. The molecule has 0 unspecified atom stereocenters. The Bertz CT molecular complexity index is 910. The van der Waals surface area contributed by atoms with E-state index in [4.69, 9.17) is 0 Å². The first-order chi connectivity index (χ1) is 11.3. The third-order valence-electron chi connectivity index (χ3n) is 3.42. The number of nitro groups is 2. The number of non-ortho nitro benzene ring substituents is 2. The van der Waals surface area contributed by atoms with Crippen molar-refractivity contribution in [3.63, 3.8) is 0 Å². The predicted molar refractivity (Wildman–Crippen MR) is 77.3 cm³/mol. The molecule has 0 spiro atoms. The summed E-state index contributed by atoms with van der Waals surface area (Å²) >= 11 is 0. The van der Waals surface area contributed by atoms with Gasteiger partial charge in [-0.1, -0.05) is 0 Å². The minimum absolute atomic E-state index is 0.0874. The second-order valence-electron chi connectivity index (χ2n) is 4.86. The third kappa shape index (κ3) is 2.26. The molecule has 0 saturated carbocycles. The molecule has 9 nitrogen and oxygen atoms in total. The van der Waals surface area contributed by atoms with E-state index < -0.39 is 38.9 Å². The van der Waals surface area contributed by atoms with Gasteiger partial charge in [-0.15, -0.1) is 0 Å². The molecule has 2 amide bonds. The Hall–Kier alpha value is -3.69. The first-order valence-corrected chi connectivity index (χ1v) is 6.42. The summed E-state index contributed by atoms with van der Waals surface area (Å²) in [6.45, 7) is 0. The van der Waals surface area contributed by atoms with Crippen LogP contribution in [0, 0.1) is 26.0 Å². The fraction of sp³-hybridized carbons (Fsp3) is 0. The number of imide groups is 1. The zero-order valence-electron chi connectivity index (χ0n) is 11.6. The summed E-state index contributed by atoms with van der Waals surface area (Å²) in [6, 6.07) is 5.40. The summed E-state index contributed by atoms with van der Waals surface area (Å²) in [5.41, 5.74) is -1.93. The molecule has 1 aliphatic heterocycles. The Morgan fingerprint density at radius 2 is 1.38 bits per heavy atom. The first-order valence-electron chi connectivity index (χ1n) is 6.42. The molecule has 10 heteroatoms. The number of benzene rings is 2. The maximum Gasteiger partial charge on any atom is 0.278 e. The summed E-state index contributed by atoms with van der Waals surface area (Å²) in [6.07, 6.45) is 0. The van der Waals surface area contributed by atoms with Gasteiger partial charge in [-0.2, -0.15) is 0 Å². The zero-order chi connectivity index (χ0) is 17.6. The topological polar surface area (TPSA) is 124 Å². The maximum absolute atomic E-state index is 13.3. The van der Waals surface area contributed by atoms with Gasteiger partial charge in [-0.05, 0) is 18.2 Å². The number of nitrogens with zero attached hydrogens (tertiary/aromatic N) is 3. The van der Waals surface area contributed by atoms with E-state index in [2.05, 4.69) is 0 Å². The van der Waals surface area contributed by atoms with Gasteiger partial charge in [0, 0.05) is 12.1 Å². The molecular weight excluding hydrogens is 325 g/mol. The monoisotopic (exact) mass is 331 g/mol. The molecule has 24 heavy (non-hydrogen) atoms. The lowest BCUT2D eigenvalue weighted by molar-refractivity contribution is -0.394. The largest absolute Gasteiger partial charge is 0.278 e. The molecule has 0 atom stereocenters. The molecule has 0 aliphatic carbocycles. The summed E-state index contributed by atoms with van der Waals surface area (Å²) in [4.78, 5) is 45.3. The predicted octanol–water partition coefficient (Wildman–Crippen LogP) is 2.44. The number of rotatable bonds is 3. The van der Waals surface area contributed by atoms with Crippen molar-refractivity contribution in [1.29, 1.82) is 0 Å². The van der Waals surface area contributed by atoms with E-state index in [0.29, 0.717) is 11.0 Å². The van der Waals surface area contributed by atoms with Crippen LogP contribution in [0.25, 0.3) is 0 Å². The Labute approximate surface area is 132 Å². The summed E-state index contributed by atoms with van der Waals surface area (Å²) in [5, 5.41) is 21.8. The highest BCUT2D eigenvalue weighted by atomic mass is 19.1. The van der Waals surface area contributed by atoms with Crippen LogP contribution in [0.4, 0.5) is 21.5 Å². The van der Waals surface area contributed by atoms with Gasteiger partial charge in [0.1, 0.15) is 5.82 Å². The van der Waals surface area contributed by atoms with Crippen LogP contribution >= 0.6 is 0 Å². The molecule has 0 saturated heterocycles. The van der Waals surface area contributed by atoms with Crippen molar-refractivity contribution < 1.29 is 23.8 Å². The third-order valence-corrected chi connectivity index (χ3v) is 3.42. The lowest BCUT2D eigenvalue weighted by Gasteiger charge is -2.13. The fourth-order valence-corrected chi connectivity index (χ4v) is 2.37. The average Bonchev–Trinajstić information content (AvgIpc) is 2.77. The van der Waals surface area contributed by atoms with Crippen LogP contribution in [0.1, 0.15) is 20.7 Å². The number of anilines is 1. The van der Waals surface area contributed by atoms with Gasteiger partial charge in [-0.25, -0.2) is 9.29 Å². The van der Waals surface area contributed by atoms with Gasteiger partial charge in [0.05, 0.1) is 32.7 Å². The SMILES string of the molecule is O=C1c2ccc(F)cc2C(=O)N1c1cc([N+](=O)[O-])cc([N+](=O)[O-])c1. The van der Waals surface area contributed by atoms with Crippen LogP contribution < -0.4 is 4.90 Å². The number of fused-ring (bicyclic) bond motifs is 1. The van der Waals surface area contributed by atoms with Crippen molar-refractivity contribution in [2.45, 2.75) is 0 Å². The average molecular weight is 331 g/mol. The summed E-state index contributed by atoms with van der Waals surface area (Å²) in [7, 11) is 0. The molecule has 3 rings (SSSR count). The lowest BCUT2D eigenvalue weighted by atomic mass is 10.1. The van der Waals surface area contributed by atoms with E-state index in [-0.39, 0.29) is 16.8 Å². The van der Waals surface area contributed by atoms with E-state index in [9.17, 15) is 34.2 Å². The molecule has 1 aliphatic rings. The van der Waals surface area contributed by atoms with Crippen LogP contribution in [-0.4, -0.2) is 21.7 Å². The van der Waals surface area contributed by atoms with Crippen molar-refractivity contribution >= 4 is 28.9 Å². The van der Waals surface area contributed by atoms with Gasteiger partial charge >= 0.3 is 0 Å². The van der Waals surface area contributed by atoms with Crippen molar-refractivity contribution in [2.24, 2.45) is 0 Å². The van der Waals surface area contributed by atoms with Gasteiger partial charge in [0.15, 0.2) is 0 Å². The summed E-state index contributed by atoms with van der Waals surface area (Å²) in [5.74, 6) is -2.49. The van der Waals surface area contributed by atoms with E-state index in [1.54, 1.807) is 0 Å². The summed E-state index contributed by atoms with van der Waals surface area (Å²) < 4.78 is 13.3. The maximum atomic E-state index is 13.3. The number of nitro benzene ring substituents is 2. The fourth-order valence-electron chi connectivity index (χ4n) is 2.37. The zero-order valence-corrected chi connectivity index (χ0v) is 11.6. The lowest BCUT2D eigenvalue weighted by Crippen LogP contribution is -2.29. The number of halogens is 1. The molecule has 0 N–H and O–H groups in total. The van der Waals surface area contributed by atoms with E-state index in [1.165, 1.54) is 0 Å². The van der Waals surface area contributed by atoms with Crippen LogP contribution in [0.5, 0.6) is 0 Å². The Morgan fingerprint density at radius 1 is 0.833 bits per heavy atom. The minimum Gasteiger partial charge on any atom is -0.268 e. The Morgan fingerprint density at radius 3 is 1.92 bits per heavy atom. The molecule has 0 fully saturated rings. The van der Waals surface area contributed by atoms with Crippen molar-refractivity contribution in [3.8, 4) is 0 Å². The van der Waals surface area contributed by atoms with E-state index in [0.717, 1.165) is 30.3 Å². The normalized spacial score (nSPS) is 13.1. The number of carbonyl (C=O) groups is 2. The number of hydrogen-bond donors (Lipinski definition) is 0. The highest BCUT2D eigenvalue weighted by Crippen LogP contribution is 2.33. The molecule has 1 heterocycles. The van der Waals surface area contributed by atoms with Crippen molar-refractivity contribution in [1.82, 2.24) is 0 Å². The van der Waals surface area contributed by atoms with E-state index >= 15 is 0 Å². The molecular formula is C14H6FN3O6. The van der Waals surface area contributed by atoms with Crippen LogP contribution in [-0.2, 0) is 0 Å². The molecule has 0 radical (unpaired) electrons.